The molecule has 4 nitrogen and oxygen atoms in total. The first-order valence-electron chi connectivity index (χ1n) is 8.96. The maximum Gasteiger partial charge on any atom is 0.242 e. The smallest absolute Gasteiger partial charge is 0.242 e. The van der Waals surface area contributed by atoms with Crippen LogP contribution in [0.25, 0.3) is 0 Å². The molecule has 7 heteroatoms. The minimum absolute atomic E-state index is 0.0402. The van der Waals surface area contributed by atoms with Crippen molar-refractivity contribution >= 4 is 35.0 Å². The van der Waals surface area contributed by atoms with Crippen molar-refractivity contribution < 1.29 is 14.0 Å². The van der Waals surface area contributed by atoms with Crippen molar-refractivity contribution in [1.29, 1.82) is 0 Å². The Hall–Kier alpha value is -2.11. The average Bonchev–Trinajstić information content (AvgIpc) is 2.62. The number of nitrogens with zero attached hydrogens (tertiary/aromatic N) is 1. The number of hydrogen-bond acceptors (Lipinski definition) is 2. The molecule has 2 aromatic rings. The number of rotatable bonds is 7. The van der Waals surface area contributed by atoms with Gasteiger partial charge in [-0.25, -0.2) is 4.39 Å². The minimum Gasteiger partial charge on any atom is -0.352 e. The molecule has 1 N–H and O–H groups in total. The Labute approximate surface area is 174 Å². The van der Waals surface area contributed by atoms with Crippen LogP contribution in [0.1, 0.15) is 31.9 Å². The second-order valence-electron chi connectivity index (χ2n) is 6.83. The highest BCUT2D eigenvalue weighted by Crippen LogP contribution is 2.27. The zero-order chi connectivity index (χ0) is 20.8. The molecule has 0 aliphatic rings. The van der Waals surface area contributed by atoms with Gasteiger partial charge in [0.25, 0.3) is 0 Å². The third kappa shape index (κ3) is 5.69. The van der Waals surface area contributed by atoms with E-state index in [-0.39, 0.29) is 30.5 Å². The van der Waals surface area contributed by atoms with Crippen LogP contribution < -0.4 is 5.32 Å². The van der Waals surface area contributed by atoms with Crippen molar-refractivity contribution in [3.63, 3.8) is 0 Å². The third-order valence-electron chi connectivity index (χ3n) is 4.29. The number of hydrogen-bond donors (Lipinski definition) is 1. The predicted molar refractivity (Wildman–Crippen MR) is 110 cm³/mol. The molecule has 2 amide bonds. The monoisotopic (exact) mass is 424 g/mol. The summed E-state index contributed by atoms with van der Waals surface area (Å²) >= 11 is 12.5. The fraction of sp³-hybridized carbons (Fsp3) is 0.333. The third-order valence-corrected chi connectivity index (χ3v) is 5.00. The normalized spacial score (nSPS) is 12.0. The van der Waals surface area contributed by atoms with Gasteiger partial charge in [0, 0.05) is 28.2 Å². The van der Waals surface area contributed by atoms with E-state index in [1.165, 1.54) is 11.0 Å². The van der Waals surface area contributed by atoms with Crippen LogP contribution in [0.3, 0.4) is 0 Å². The van der Waals surface area contributed by atoms with Gasteiger partial charge in [0.15, 0.2) is 0 Å². The van der Waals surface area contributed by atoms with Gasteiger partial charge < -0.3 is 10.2 Å². The van der Waals surface area contributed by atoms with Crippen LogP contribution in [0, 0.1) is 5.82 Å². The maximum atomic E-state index is 14.0. The van der Waals surface area contributed by atoms with Crippen LogP contribution in [0.4, 0.5) is 4.39 Å². The molecular weight excluding hydrogens is 402 g/mol. The molecule has 0 aliphatic carbocycles. The van der Waals surface area contributed by atoms with E-state index >= 15 is 0 Å². The summed E-state index contributed by atoms with van der Waals surface area (Å²) < 4.78 is 14.0. The quantitative estimate of drug-likeness (QED) is 0.704. The van der Waals surface area contributed by atoms with Gasteiger partial charge in [-0.2, -0.15) is 0 Å². The zero-order valence-electron chi connectivity index (χ0n) is 16.0. The molecule has 0 radical (unpaired) electrons. The number of nitrogens with one attached hydrogen (secondary N) is 1. The highest BCUT2D eigenvalue weighted by atomic mass is 35.5. The average molecular weight is 425 g/mol. The van der Waals surface area contributed by atoms with Crippen molar-refractivity contribution in [1.82, 2.24) is 10.2 Å². The number of carbonyl (C=O) groups is 2. The molecule has 0 spiro atoms. The Morgan fingerprint density at radius 3 is 2.21 bits per heavy atom. The summed E-state index contributed by atoms with van der Waals surface area (Å²) in [6, 6.07) is 10.2. The Kier molecular flexibility index (Phi) is 7.84. The van der Waals surface area contributed by atoms with Crippen molar-refractivity contribution in [2.75, 3.05) is 0 Å². The number of amides is 2. The number of carbonyl (C=O) groups excluding carboxylic acids is 2. The summed E-state index contributed by atoms with van der Waals surface area (Å²) in [6.07, 6.45) is -0.173. The molecule has 150 valence electrons. The molecule has 1 atom stereocenters. The predicted octanol–water partition coefficient (Wildman–Crippen LogP) is 4.62. The van der Waals surface area contributed by atoms with Gasteiger partial charge in [0.2, 0.25) is 11.8 Å². The van der Waals surface area contributed by atoms with E-state index in [2.05, 4.69) is 5.32 Å². The summed E-state index contributed by atoms with van der Waals surface area (Å²) in [5.74, 6) is -1.17. The van der Waals surface area contributed by atoms with Crippen LogP contribution in [-0.2, 0) is 22.6 Å². The molecule has 0 aliphatic heterocycles. The Morgan fingerprint density at radius 2 is 1.64 bits per heavy atom. The van der Waals surface area contributed by atoms with Gasteiger partial charge in [-0.1, -0.05) is 47.5 Å². The first kappa shape index (κ1) is 22.2. The van der Waals surface area contributed by atoms with Gasteiger partial charge >= 0.3 is 0 Å². The standard InChI is InChI=1S/C21H23Cl2FN2O2/c1-13(2)25-21(28)14(3)26(12-16-17(22)8-6-9-18(16)23)20(27)11-15-7-4-5-10-19(15)24/h4-10,13-14H,11-12H2,1-3H3,(H,25,28)/t14-/m1/s1. The second-order valence-corrected chi connectivity index (χ2v) is 7.64. The lowest BCUT2D eigenvalue weighted by Gasteiger charge is -2.30. The van der Waals surface area contributed by atoms with Crippen LogP contribution >= 0.6 is 23.2 Å². The minimum atomic E-state index is -0.783. The van der Waals surface area contributed by atoms with E-state index in [9.17, 15) is 14.0 Å². The first-order chi connectivity index (χ1) is 13.2. The largest absolute Gasteiger partial charge is 0.352 e. The van der Waals surface area contributed by atoms with Crippen molar-refractivity contribution in [2.24, 2.45) is 0 Å². The molecule has 2 rings (SSSR count). The lowest BCUT2D eigenvalue weighted by Crippen LogP contribution is -2.49. The van der Waals surface area contributed by atoms with Crippen LogP contribution in [0.5, 0.6) is 0 Å². The summed E-state index contributed by atoms with van der Waals surface area (Å²) in [7, 11) is 0. The van der Waals surface area contributed by atoms with Gasteiger partial charge in [-0.05, 0) is 44.5 Å². The molecule has 0 unspecified atom stereocenters. The highest BCUT2D eigenvalue weighted by Gasteiger charge is 2.28. The topological polar surface area (TPSA) is 49.4 Å². The van der Waals surface area contributed by atoms with E-state index in [0.29, 0.717) is 15.6 Å². The van der Waals surface area contributed by atoms with Gasteiger partial charge in [0.05, 0.1) is 6.42 Å². The Morgan fingerprint density at radius 1 is 1.04 bits per heavy atom. The lowest BCUT2D eigenvalue weighted by molar-refractivity contribution is -0.140. The fourth-order valence-corrected chi connectivity index (χ4v) is 3.26. The van der Waals surface area contributed by atoms with Crippen LogP contribution in [0.15, 0.2) is 42.5 Å². The van der Waals surface area contributed by atoms with E-state index < -0.39 is 17.8 Å². The highest BCUT2D eigenvalue weighted by molar-refractivity contribution is 6.36. The zero-order valence-corrected chi connectivity index (χ0v) is 17.5. The summed E-state index contributed by atoms with van der Waals surface area (Å²) in [5.41, 5.74) is 0.802. The van der Waals surface area contributed by atoms with Crippen molar-refractivity contribution in [2.45, 2.75) is 45.8 Å². The first-order valence-corrected chi connectivity index (χ1v) is 9.72. The summed E-state index contributed by atoms with van der Waals surface area (Å²) in [4.78, 5) is 26.9. The molecule has 28 heavy (non-hydrogen) atoms. The fourth-order valence-electron chi connectivity index (χ4n) is 2.75. The molecular formula is C21H23Cl2FN2O2. The van der Waals surface area contributed by atoms with E-state index in [4.69, 9.17) is 23.2 Å². The van der Waals surface area contributed by atoms with E-state index in [1.54, 1.807) is 43.3 Å². The molecule has 0 fully saturated rings. The Bertz CT molecular complexity index is 838. The van der Waals surface area contributed by atoms with Gasteiger partial charge in [-0.15, -0.1) is 0 Å². The van der Waals surface area contributed by atoms with Crippen LogP contribution in [-0.4, -0.2) is 28.8 Å². The molecule has 0 bridgehead atoms. The molecule has 2 aromatic carbocycles. The Balaban J connectivity index is 2.33. The second kappa shape index (κ2) is 9.89. The van der Waals surface area contributed by atoms with Crippen LogP contribution in [0.2, 0.25) is 10.0 Å². The SMILES string of the molecule is CC(C)NC(=O)[C@@H](C)N(Cc1c(Cl)cccc1Cl)C(=O)Cc1ccccc1F. The summed E-state index contributed by atoms with van der Waals surface area (Å²) in [5, 5.41) is 3.59. The van der Waals surface area contributed by atoms with E-state index in [0.717, 1.165) is 0 Å². The van der Waals surface area contributed by atoms with E-state index in [1.807, 2.05) is 13.8 Å². The maximum absolute atomic E-state index is 14.0. The van der Waals surface area contributed by atoms with Crippen molar-refractivity contribution in [3.8, 4) is 0 Å². The molecule has 0 saturated carbocycles. The van der Waals surface area contributed by atoms with Gasteiger partial charge in [-0.3, -0.25) is 9.59 Å². The number of halogens is 3. The van der Waals surface area contributed by atoms with Gasteiger partial charge in [0.1, 0.15) is 11.9 Å². The summed E-state index contributed by atoms with van der Waals surface area (Å²) in [6.45, 7) is 5.34. The van der Waals surface area contributed by atoms with Crippen molar-refractivity contribution in [3.05, 3.63) is 69.5 Å². The molecule has 0 aromatic heterocycles. The molecule has 0 heterocycles. The lowest BCUT2D eigenvalue weighted by atomic mass is 10.1. The number of benzene rings is 2. The molecule has 0 saturated heterocycles.